The third kappa shape index (κ3) is 3.50. The van der Waals surface area contributed by atoms with Crippen LogP contribution >= 0.6 is 0 Å². The van der Waals surface area contributed by atoms with Crippen LogP contribution < -0.4 is 5.32 Å². The molecule has 2 fully saturated rings. The Bertz CT molecular complexity index is 904. The molecule has 0 bridgehead atoms. The van der Waals surface area contributed by atoms with Gasteiger partial charge in [-0.1, -0.05) is 0 Å². The molecule has 5 heterocycles. The summed E-state index contributed by atoms with van der Waals surface area (Å²) in [6.45, 7) is 6.68. The van der Waals surface area contributed by atoms with Crippen LogP contribution in [0.15, 0.2) is 30.7 Å². The summed E-state index contributed by atoms with van der Waals surface area (Å²) in [7, 11) is 0. The average molecular weight is 366 g/mol. The number of H-pyrrole nitrogens is 1. The molecule has 142 valence electrons. The number of ether oxygens (including phenoxy) is 1. The third-order valence-electron chi connectivity index (χ3n) is 5.66. The SMILES string of the molecule is c1cc2[nH]c(CN3CCOCC3)cc2c(-c2cnn(C3CCNCC3)c2)n1. The van der Waals surface area contributed by atoms with Gasteiger partial charge in [-0.2, -0.15) is 5.10 Å². The minimum Gasteiger partial charge on any atom is -0.379 e. The molecule has 2 aliphatic heterocycles. The lowest BCUT2D eigenvalue weighted by molar-refractivity contribution is 0.0337. The first kappa shape index (κ1) is 16.9. The number of piperidine rings is 1. The van der Waals surface area contributed by atoms with E-state index in [4.69, 9.17) is 4.74 Å². The van der Waals surface area contributed by atoms with E-state index in [1.807, 2.05) is 12.4 Å². The largest absolute Gasteiger partial charge is 0.379 e. The van der Waals surface area contributed by atoms with E-state index < -0.39 is 0 Å². The van der Waals surface area contributed by atoms with Crippen molar-refractivity contribution in [3.8, 4) is 11.3 Å². The van der Waals surface area contributed by atoms with Crippen molar-refractivity contribution in [1.29, 1.82) is 0 Å². The van der Waals surface area contributed by atoms with Gasteiger partial charge in [-0.3, -0.25) is 14.6 Å². The summed E-state index contributed by atoms with van der Waals surface area (Å²) in [5, 5.41) is 9.23. The number of nitrogens with zero attached hydrogens (tertiary/aromatic N) is 4. The molecule has 0 amide bonds. The van der Waals surface area contributed by atoms with Crippen molar-refractivity contribution in [3.63, 3.8) is 0 Å². The summed E-state index contributed by atoms with van der Waals surface area (Å²) in [6.07, 6.45) is 8.26. The van der Waals surface area contributed by atoms with Gasteiger partial charge < -0.3 is 15.0 Å². The number of aromatic amines is 1. The molecule has 2 saturated heterocycles. The normalized spacial score (nSPS) is 19.7. The van der Waals surface area contributed by atoms with E-state index in [1.54, 1.807) is 0 Å². The molecule has 7 heteroatoms. The van der Waals surface area contributed by atoms with Crippen LogP contribution in [0.2, 0.25) is 0 Å². The molecule has 0 aromatic carbocycles. The number of morpholine rings is 1. The predicted octanol–water partition coefficient (Wildman–Crippen LogP) is 2.18. The predicted molar refractivity (Wildman–Crippen MR) is 105 cm³/mol. The summed E-state index contributed by atoms with van der Waals surface area (Å²) < 4.78 is 7.57. The number of rotatable bonds is 4. The van der Waals surface area contributed by atoms with E-state index >= 15 is 0 Å². The fourth-order valence-electron chi connectivity index (χ4n) is 4.16. The molecular weight excluding hydrogens is 340 g/mol. The number of nitrogens with one attached hydrogen (secondary N) is 2. The van der Waals surface area contributed by atoms with Gasteiger partial charge in [0.25, 0.3) is 0 Å². The zero-order chi connectivity index (χ0) is 18.1. The van der Waals surface area contributed by atoms with E-state index in [9.17, 15) is 0 Å². The first-order valence-electron chi connectivity index (χ1n) is 9.89. The average Bonchev–Trinajstić information content (AvgIpc) is 3.36. The standard InChI is InChI=1S/C20H26N6O/c1-4-21-5-2-17(1)26-13-15(12-23-26)20-18-11-16(24-19(18)3-6-22-20)14-25-7-9-27-10-8-25/h3,6,11-13,17,21,24H,1-2,4-5,7-10,14H2. The summed E-state index contributed by atoms with van der Waals surface area (Å²) in [6, 6.07) is 4.79. The van der Waals surface area contributed by atoms with Crippen LogP contribution in [0.25, 0.3) is 22.2 Å². The van der Waals surface area contributed by atoms with Gasteiger partial charge in [0.15, 0.2) is 0 Å². The third-order valence-corrected chi connectivity index (χ3v) is 5.66. The molecule has 27 heavy (non-hydrogen) atoms. The number of hydrogen-bond acceptors (Lipinski definition) is 5. The van der Waals surface area contributed by atoms with Gasteiger partial charge in [-0.05, 0) is 38.1 Å². The Kier molecular flexibility index (Phi) is 4.65. The van der Waals surface area contributed by atoms with Crippen LogP contribution in [0.5, 0.6) is 0 Å². The van der Waals surface area contributed by atoms with E-state index in [0.29, 0.717) is 6.04 Å². The summed E-state index contributed by atoms with van der Waals surface area (Å²) >= 11 is 0. The Morgan fingerprint density at radius 3 is 2.89 bits per heavy atom. The summed E-state index contributed by atoms with van der Waals surface area (Å²) in [4.78, 5) is 10.7. The second-order valence-electron chi connectivity index (χ2n) is 7.49. The maximum absolute atomic E-state index is 5.45. The fourth-order valence-corrected chi connectivity index (χ4v) is 4.16. The zero-order valence-electron chi connectivity index (χ0n) is 15.5. The lowest BCUT2D eigenvalue weighted by Crippen LogP contribution is -2.35. The Labute approximate surface area is 158 Å². The van der Waals surface area contributed by atoms with Gasteiger partial charge >= 0.3 is 0 Å². The van der Waals surface area contributed by atoms with Crippen molar-refractivity contribution in [3.05, 3.63) is 36.4 Å². The van der Waals surface area contributed by atoms with Crippen molar-refractivity contribution < 1.29 is 4.74 Å². The Morgan fingerprint density at radius 1 is 1.19 bits per heavy atom. The van der Waals surface area contributed by atoms with E-state index in [0.717, 1.165) is 75.6 Å². The van der Waals surface area contributed by atoms with Crippen LogP contribution in [-0.2, 0) is 11.3 Å². The molecule has 3 aromatic rings. The Hall–Kier alpha value is -2.22. The molecule has 0 radical (unpaired) electrons. The first-order valence-corrected chi connectivity index (χ1v) is 9.89. The molecule has 5 rings (SSSR count). The highest BCUT2D eigenvalue weighted by Crippen LogP contribution is 2.29. The molecule has 2 N–H and O–H groups in total. The van der Waals surface area contributed by atoms with E-state index in [1.165, 1.54) is 11.1 Å². The van der Waals surface area contributed by atoms with Crippen molar-refractivity contribution >= 4 is 10.9 Å². The number of fused-ring (bicyclic) bond motifs is 1. The van der Waals surface area contributed by atoms with Crippen LogP contribution in [0.1, 0.15) is 24.6 Å². The number of hydrogen-bond donors (Lipinski definition) is 2. The second-order valence-corrected chi connectivity index (χ2v) is 7.49. The molecular formula is C20H26N6O. The lowest BCUT2D eigenvalue weighted by Gasteiger charge is -2.25. The maximum atomic E-state index is 5.45. The van der Waals surface area contributed by atoms with E-state index in [2.05, 4.69) is 48.3 Å². The molecule has 0 spiro atoms. The molecule has 7 nitrogen and oxygen atoms in total. The molecule has 0 aliphatic carbocycles. The minimum absolute atomic E-state index is 0.488. The summed E-state index contributed by atoms with van der Waals surface area (Å²) in [5.74, 6) is 0. The second kappa shape index (κ2) is 7.42. The van der Waals surface area contributed by atoms with Crippen LogP contribution in [-0.4, -0.2) is 64.0 Å². The molecule has 0 saturated carbocycles. The van der Waals surface area contributed by atoms with Crippen molar-refractivity contribution in [2.75, 3.05) is 39.4 Å². The van der Waals surface area contributed by atoms with Crippen molar-refractivity contribution in [2.24, 2.45) is 0 Å². The zero-order valence-corrected chi connectivity index (χ0v) is 15.5. The monoisotopic (exact) mass is 366 g/mol. The summed E-state index contributed by atoms with van der Waals surface area (Å²) in [5.41, 5.74) is 4.47. The highest BCUT2D eigenvalue weighted by molar-refractivity contribution is 5.93. The quantitative estimate of drug-likeness (QED) is 0.741. The fraction of sp³-hybridized carbons (Fsp3) is 0.500. The minimum atomic E-state index is 0.488. The van der Waals surface area contributed by atoms with Crippen molar-refractivity contribution in [1.82, 2.24) is 30.0 Å². The topological polar surface area (TPSA) is 71.0 Å². The smallest absolute Gasteiger partial charge is 0.0827 e. The van der Waals surface area contributed by atoms with Gasteiger partial charge in [0.05, 0.1) is 31.1 Å². The Morgan fingerprint density at radius 2 is 2.04 bits per heavy atom. The number of pyridine rings is 1. The van der Waals surface area contributed by atoms with Gasteiger partial charge in [0.1, 0.15) is 0 Å². The highest BCUT2D eigenvalue weighted by Gasteiger charge is 2.18. The lowest BCUT2D eigenvalue weighted by atomic mass is 10.1. The maximum Gasteiger partial charge on any atom is 0.0827 e. The van der Waals surface area contributed by atoms with Crippen LogP contribution in [0.4, 0.5) is 0 Å². The highest BCUT2D eigenvalue weighted by atomic mass is 16.5. The van der Waals surface area contributed by atoms with E-state index in [-0.39, 0.29) is 0 Å². The first-order chi connectivity index (χ1) is 13.4. The molecule has 3 aromatic heterocycles. The molecule has 0 unspecified atom stereocenters. The van der Waals surface area contributed by atoms with Crippen molar-refractivity contribution in [2.45, 2.75) is 25.4 Å². The van der Waals surface area contributed by atoms with Gasteiger partial charge in [-0.15, -0.1) is 0 Å². The Balaban J connectivity index is 1.42. The molecule has 2 aliphatic rings. The number of aromatic nitrogens is 4. The van der Waals surface area contributed by atoms with Gasteiger partial charge in [-0.25, -0.2) is 0 Å². The van der Waals surface area contributed by atoms with Crippen LogP contribution in [0.3, 0.4) is 0 Å². The molecule has 0 atom stereocenters. The van der Waals surface area contributed by atoms with Gasteiger partial charge in [0.2, 0.25) is 0 Å². The van der Waals surface area contributed by atoms with Crippen LogP contribution in [0, 0.1) is 0 Å². The van der Waals surface area contributed by atoms with Gasteiger partial charge in [0, 0.05) is 54.2 Å².